The predicted molar refractivity (Wildman–Crippen MR) is 63.1 cm³/mol. The highest BCUT2D eigenvalue weighted by Crippen LogP contribution is 2.58. The minimum atomic E-state index is -7.74. The van der Waals surface area contributed by atoms with Gasteiger partial charge in [-0.05, 0) is 0 Å². The number of carbonyl (C=O) groups is 2. The summed E-state index contributed by atoms with van der Waals surface area (Å²) in [5, 5.41) is 8.26. The van der Waals surface area contributed by atoms with Crippen LogP contribution in [0.4, 0.5) is 52.7 Å². The minimum Gasteiger partial charge on any atom is -0.481 e. The number of halogens is 12. The van der Waals surface area contributed by atoms with E-state index in [4.69, 9.17) is 5.11 Å². The highest BCUT2D eigenvalue weighted by Gasteiger charge is 2.87. The number of ether oxygens (including phenoxy) is 1. The highest BCUT2D eigenvalue weighted by atomic mass is 19.4. The summed E-state index contributed by atoms with van der Waals surface area (Å²) in [6.45, 7) is -0.463. The quantitative estimate of drug-likeness (QED) is 0.315. The van der Waals surface area contributed by atoms with E-state index in [0.717, 1.165) is 0 Å². The zero-order chi connectivity index (χ0) is 22.9. The summed E-state index contributed by atoms with van der Waals surface area (Å²) in [6.07, 6.45) is -6.91. The molecule has 164 valence electrons. The molecule has 0 aliphatic rings. The maximum absolute atomic E-state index is 13.3. The lowest BCUT2D eigenvalue weighted by Gasteiger charge is -2.38. The summed E-state index contributed by atoms with van der Waals surface area (Å²) in [5.74, 6) is -40.4. The lowest BCUT2D eigenvalue weighted by atomic mass is 9.94. The molecule has 0 radical (unpaired) electrons. The SMILES string of the molecule is C=C(CC(=O)O)C(=O)OCC(F)(F)C(F)(F)C(F)(F)C(F)(F)C(F)(F)C(F)F. The topological polar surface area (TPSA) is 63.6 Å². The van der Waals surface area contributed by atoms with Gasteiger partial charge in [0, 0.05) is 5.57 Å². The van der Waals surface area contributed by atoms with Crippen LogP contribution < -0.4 is 0 Å². The van der Waals surface area contributed by atoms with E-state index in [2.05, 4.69) is 11.3 Å². The van der Waals surface area contributed by atoms with Crippen molar-refractivity contribution < 1.29 is 72.1 Å². The number of hydrogen-bond acceptors (Lipinski definition) is 3. The standard InChI is InChI=1S/C12H8F12O4/c1-4(2-5(25)26)6(27)28-3-8(15,16)10(19,20)12(23,24)11(21,22)9(17,18)7(13)14/h7H,1-3H2,(H,25,26). The largest absolute Gasteiger partial charge is 0.481 e. The smallest absolute Gasteiger partial charge is 0.384 e. The lowest BCUT2D eigenvalue weighted by Crippen LogP contribution is -2.69. The Balaban J connectivity index is 5.72. The van der Waals surface area contributed by atoms with Crippen LogP contribution in [0.5, 0.6) is 0 Å². The second-order valence-corrected chi connectivity index (χ2v) is 5.10. The minimum absolute atomic E-state index is 1.16. The van der Waals surface area contributed by atoms with Gasteiger partial charge in [0.2, 0.25) is 0 Å². The molecule has 0 unspecified atom stereocenters. The van der Waals surface area contributed by atoms with Gasteiger partial charge >= 0.3 is 48.0 Å². The summed E-state index contributed by atoms with van der Waals surface area (Å²) in [5.41, 5.74) is -1.16. The Morgan fingerprint density at radius 3 is 1.64 bits per heavy atom. The molecule has 16 heteroatoms. The van der Waals surface area contributed by atoms with E-state index in [0.29, 0.717) is 0 Å². The molecule has 0 heterocycles. The van der Waals surface area contributed by atoms with Crippen molar-refractivity contribution in [3.8, 4) is 0 Å². The molecule has 28 heavy (non-hydrogen) atoms. The van der Waals surface area contributed by atoms with Crippen LogP contribution in [0.1, 0.15) is 6.42 Å². The molecule has 0 amide bonds. The number of carboxylic acid groups (broad SMARTS) is 1. The Morgan fingerprint density at radius 2 is 1.29 bits per heavy atom. The Kier molecular flexibility index (Phi) is 7.10. The van der Waals surface area contributed by atoms with Gasteiger partial charge in [-0.15, -0.1) is 0 Å². The van der Waals surface area contributed by atoms with Crippen LogP contribution in [0.2, 0.25) is 0 Å². The predicted octanol–water partition coefficient (Wildman–Crippen LogP) is 4.00. The third-order valence-corrected chi connectivity index (χ3v) is 2.98. The Bertz CT molecular complexity index is 628. The molecule has 0 aromatic rings. The molecule has 0 rings (SSSR count). The first-order valence-electron chi connectivity index (χ1n) is 6.40. The Morgan fingerprint density at radius 1 is 0.857 bits per heavy atom. The molecule has 1 N–H and O–H groups in total. The highest BCUT2D eigenvalue weighted by molar-refractivity contribution is 5.92. The molecule has 0 aromatic heterocycles. The van der Waals surface area contributed by atoms with Crippen LogP contribution >= 0.6 is 0 Å². The summed E-state index contributed by atoms with van der Waals surface area (Å²) in [6, 6.07) is 0. The number of rotatable bonds is 10. The van der Waals surface area contributed by atoms with Crippen LogP contribution in [0, 0.1) is 0 Å². The van der Waals surface area contributed by atoms with Gasteiger partial charge in [-0.1, -0.05) is 6.58 Å². The van der Waals surface area contributed by atoms with E-state index in [1.54, 1.807) is 0 Å². The van der Waals surface area contributed by atoms with Crippen molar-refractivity contribution >= 4 is 11.9 Å². The van der Waals surface area contributed by atoms with Crippen molar-refractivity contribution in [3.63, 3.8) is 0 Å². The Hall–Kier alpha value is -2.16. The van der Waals surface area contributed by atoms with Gasteiger partial charge in [0.05, 0.1) is 6.42 Å². The lowest BCUT2D eigenvalue weighted by molar-refractivity contribution is -0.414. The van der Waals surface area contributed by atoms with E-state index in [-0.39, 0.29) is 0 Å². The van der Waals surface area contributed by atoms with Crippen molar-refractivity contribution in [3.05, 3.63) is 12.2 Å². The third-order valence-electron chi connectivity index (χ3n) is 2.98. The number of hydrogen-bond donors (Lipinski definition) is 1. The van der Waals surface area contributed by atoms with Gasteiger partial charge in [0.15, 0.2) is 6.61 Å². The molecule has 0 bridgehead atoms. The van der Waals surface area contributed by atoms with Crippen LogP contribution in [-0.2, 0) is 14.3 Å². The molecule has 0 aliphatic heterocycles. The summed E-state index contributed by atoms with van der Waals surface area (Å²) < 4.78 is 157. The first kappa shape index (κ1) is 25.8. The average Bonchev–Trinajstić information content (AvgIpc) is 2.50. The fourth-order valence-corrected chi connectivity index (χ4v) is 1.38. The van der Waals surface area contributed by atoms with Gasteiger partial charge in [0.1, 0.15) is 0 Å². The first-order valence-corrected chi connectivity index (χ1v) is 6.40. The van der Waals surface area contributed by atoms with Crippen LogP contribution in [0.25, 0.3) is 0 Å². The fraction of sp³-hybridized carbons (Fsp3) is 0.667. The van der Waals surface area contributed by atoms with Crippen molar-refractivity contribution in [2.24, 2.45) is 0 Å². The molecular weight excluding hydrogens is 436 g/mol. The number of carbonyl (C=O) groups excluding carboxylic acids is 1. The third kappa shape index (κ3) is 4.29. The van der Waals surface area contributed by atoms with Crippen molar-refractivity contribution in [2.75, 3.05) is 6.61 Å². The Labute approximate surface area is 146 Å². The van der Waals surface area contributed by atoms with Gasteiger partial charge in [-0.3, -0.25) is 4.79 Å². The number of esters is 1. The van der Waals surface area contributed by atoms with Crippen molar-refractivity contribution in [1.82, 2.24) is 0 Å². The zero-order valence-electron chi connectivity index (χ0n) is 12.9. The zero-order valence-corrected chi connectivity index (χ0v) is 12.9. The van der Waals surface area contributed by atoms with Crippen molar-refractivity contribution in [2.45, 2.75) is 42.5 Å². The maximum atomic E-state index is 13.3. The molecule has 0 aliphatic carbocycles. The average molecular weight is 444 g/mol. The molecule has 0 aromatic carbocycles. The molecular formula is C12H8F12O4. The van der Waals surface area contributed by atoms with E-state index < -0.39 is 66.6 Å². The van der Waals surface area contributed by atoms with E-state index in [9.17, 15) is 62.3 Å². The van der Waals surface area contributed by atoms with Gasteiger partial charge in [-0.2, -0.15) is 43.9 Å². The summed E-state index contributed by atoms with van der Waals surface area (Å²) in [7, 11) is 0. The van der Waals surface area contributed by atoms with E-state index >= 15 is 0 Å². The number of carboxylic acids is 1. The molecule has 0 saturated heterocycles. The van der Waals surface area contributed by atoms with Crippen molar-refractivity contribution in [1.29, 1.82) is 0 Å². The second kappa shape index (κ2) is 7.69. The van der Waals surface area contributed by atoms with Crippen LogP contribution in [0.3, 0.4) is 0 Å². The number of aliphatic carboxylic acids is 1. The van der Waals surface area contributed by atoms with E-state index in [1.807, 2.05) is 0 Å². The molecule has 0 spiro atoms. The van der Waals surface area contributed by atoms with Gasteiger partial charge in [0.25, 0.3) is 0 Å². The molecule has 0 saturated carbocycles. The number of alkyl halides is 12. The second-order valence-electron chi connectivity index (χ2n) is 5.10. The van der Waals surface area contributed by atoms with E-state index in [1.165, 1.54) is 0 Å². The molecule has 4 nitrogen and oxygen atoms in total. The normalized spacial score (nSPS) is 14.2. The van der Waals surface area contributed by atoms with Gasteiger partial charge in [-0.25, -0.2) is 13.6 Å². The first-order chi connectivity index (χ1) is 12.2. The summed E-state index contributed by atoms with van der Waals surface area (Å²) in [4.78, 5) is 21.2. The van der Waals surface area contributed by atoms with Crippen LogP contribution in [-0.4, -0.2) is 59.7 Å². The fourth-order valence-electron chi connectivity index (χ4n) is 1.38. The molecule has 0 fully saturated rings. The maximum Gasteiger partial charge on any atom is 0.384 e. The monoisotopic (exact) mass is 444 g/mol. The van der Waals surface area contributed by atoms with Crippen LogP contribution in [0.15, 0.2) is 12.2 Å². The summed E-state index contributed by atoms with van der Waals surface area (Å²) >= 11 is 0. The van der Waals surface area contributed by atoms with Gasteiger partial charge < -0.3 is 9.84 Å². The molecule has 0 atom stereocenters.